The number of aliphatic hydroxyl groups excluding tert-OH is 1. The number of hydrogen-bond donors (Lipinski definition) is 2. The summed E-state index contributed by atoms with van der Waals surface area (Å²) in [5.74, 6) is 0.851. The molecule has 0 spiro atoms. The fraction of sp³-hybridized carbons (Fsp3) is 1.00. The van der Waals surface area contributed by atoms with Crippen LogP contribution in [0.15, 0.2) is 0 Å². The average Bonchev–Trinajstić information content (AvgIpc) is 2.66. The Morgan fingerprint density at radius 1 is 1.38 bits per heavy atom. The van der Waals surface area contributed by atoms with E-state index in [2.05, 4.69) is 12.2 Å². The van der Waals surface area contributed by atoms with Gasteiger partial charge >= 0.3 is 0 Å². The fourth-order valence-corrected chi connectivity index (χ4v) is 2.09. The summed E-state index contributed by atoms with van der Waals surface area (Å²) >= 11 is 0. The van der Waals surface area contributed by atoms with Crippen LogP contribution in [0, 0.1) is 5.92 Å². The van der Waals surface area contributed by atoms with Gasteiger partial charge in [0.15, 0.2) is 0 Å². The Bertz CT molecular complexity index is 132. The second-order valence-corrected chi connectivity index (χ2v) is 4.30. The summed E-state index contributed by atoms with van der Waals surface area (Å²) in [6.07, 6.45) is 6.22. The Balaban J connectivity index is 2.12. The maximum atomic E-state index is 9.39. The summed E-state index contributed by atoms with van der Waals surface area (Å²) in [6.45, 7) is 5.03. The molecule has 0 saturated heterocycles. The molecular weight excluding hydrogens is 162 g/mol. The fourth-order valence-electron chi connectivity index (χ4n) is 2.09. The molecular formula is C11H23NO. The summed E-state index contributed by atoms with van der Waals surface area (Å²) in [5, 5.41) is 12.8. The number of rotatable bonds is 5. The minimum Gasteiger partial charge on any atom is -0.392 e. The van der Waals surface area contributed by atoms with E-state index in [9.17, 15) is 5.11 Å². The van der Waals surface area contributed by atoms with E-state index in [1.54, 1.807) is 0 Å². The molecule has 1 aliphatic rings. The third-order valence-electron chi connectivity index (χ3n) is 3.25. The molecule has 78 valence electrons. The Morgan fingerprint density at radius 3 is 2.54 bits per heavy atom. The molecule has 1 fully saturated rings. The first kappa shape index (κ1) is 11.0. The second-order valence-electron chi connectivity index (χ2n) is 4.30. The summed E-state index contributed by atoms with van der Waals surface area (Å²) < 4.78 is 0. The van der Waals surface area contributed by atoms with Crippen molar-refractivity contribution in [2.75, 3.05) is 6.54 Å². The van der Waals surface area contributed by atoms with Crippen molar-refractivity contribution < 1.29 is 5.11 Å². The minimum absolute atomic E-state index is 0.163. The van der Waals surface area contributed by atoms with E-state index in [4.69, 9.17) is 0 Å². The summed E-state index contributed by atoms with van der Waals surface area (Å²) in [4.78, 5) is 0. The standard InChI is InChI=1S/C11H23NO/c1-3-11(13)8-12-9(2)10-6-4-5-7-10/h9-13H,3-8H2,1-2H3/t9-,11?/m1/s1. The number of aliphatic hydroxyl groups is 1. The van der Waals surface area contributed by atoms with E-state index >= 15 is 0 Å². The molecule has 0 aliphatic heterocycles. The zero-order valence-corrected chi connectivity index (χ0v) is 8.92. The quantitative estimate of drug-likeness (QED) is 0.686. The van der Waals surface area contributed by atoms with Crippen LogP contribution >= 0.6 is 0 Å². The van der Waals surface area contributed by atoms with Gasteiger partial charge in [-0.2, -0.15) is 0 Å². The van der Waals surface area contributed by atoms with Crippen molar-refractivity contribution in [3.8, 4) is 0 Å². The summed E-state index contributed by atoms with van der Waals surface area (Å²) in [7, 11) is 0. The summed E-state index contributed by atoms with van der Waals surface area (Å²) in [6, 6.07) is 0.587. The highest BCUT2D eigenvalue weighted by Crippen LogP contribution is 2.27. The molecule has 1 unspecified atom stereocenters. The van der Waals surface area contributed by atoms with Crippen LogP contribution in [0.25, 0.3) is 0 Å². The molecule has 0 heterocycles. The van der Waals surface area contributed by atoms with E-state index in [1.807, 2.05) is 6.92 Å². The van der Waals surface area contributed by atoms with Crippen LogP contribution in [0.2, 0.25) is 0 Å². The Hall–Kier alpha value is -0.0800. The van der Waals surface area contributed by atoms with Crippen LogP contribution < -0.4 is 5.32 Å². The van der Waals surface area contributed by atoms with E-state index < -0.39 is 0 Å². The van der Waals surface area contributed by atoms with Crippen molar-refractivity contribution in [1.29, 1.82) is 0 Å². The van der Waals surface area contributed by atoms with Crippen molar-refractivity contribution in [2.24, 2.45) is 5.92 Å². The number of nitrogens with one attached hydrogen (secondary N) is 1. The van der Waals surface area contributed by atoms with Crippen LogP contribution in [-0.2, 0) is 0 Å². The second kappa shape index (κ2) is 5.61. The molecule has 2 N–H and O–H groups in total. The Morgan fingerprint density at radius 2 is 2.00 bits per heavy atom. The highest BCUT2D eigenvalue weighted by molar-refractivity contribution is 4.77. The Labute approximate surface area is 81.7 Å². The van der Waals surface area contributed by atoms with Crippen LogP contribution in [0.3, 0.4) is 0 Å². The lowest BCUT2D eigenvalue weighted by atomic mass is 10.00. The van der Waals surface area contributed by atoms with Crippen molar-refractivity contribution >= 4 is 0 Å². The number of hydrogen-bond acceptors (Lipinski definition) is 2. The molecule has 1 rings (SSSR count). The lowest BCUT2D eigenvalue weighted by Crippen LogP contribution is -2.37. The first-order chi connectivity index (χ1) is 6.24. The van der Waals surface area contributed by atoms with E-state index in [0.717, 1.165) is 18.9 Å². The third-order valence-corrected chi connectivity index (χ3v) is 3.25. The van der Waals surface area contributed by atoms with Crippen LogP contribution in [0.5, 0.6) is 0 Å². The topological polar surface area (TPSA) is 32.3 Å². The molecule has 2 nitrogen and oxygen atoms in total. The smallest absolute Gasteiger partial charge is 0.0662 e. The van der Waals surface area contributed by atoms with Gasteiger partial charge in [-0.25, -0.2) is 0 Å². The van der Waals surface area contributed by atoms with Crippen molar-refractivity contribution in [3.63, 3.8) is 0 Å². The van der Waals surface area contributed by atoms with Crippen molar-refractivity contribution in [3.05, 3.63) is 0 Å². The van der Waals surface area contributed by atoms with E-state index in [0.29, 0.717) is 6.04 Å². The average molecular weight is 185 g/mol. The SMILES string of the molecule is CCC(O)CN[C@H](C)C1CCCC1. The molecule has 13 heavy (non-hydrogen) atoms. The predicted octanol–water partition coefficient (Wildman–Crippen LogP) is 1.93. The van der Waals surface area contributed by atoms with Crippen LogP contribution in [-0.4, -0.2) is 23.8 Å². The molecule has 1 saturated carbocycles. The van der Waals surface area contributed by atoms with Gasteiger partial charge in [0.25, 0.3) is 0 Å². The normalized spacial score (nSPS) is 23.3. The zero-order valence-electron chi connectivity index (χ0n) is 8.92. The molecule has 2 heteroatoms. The minimum atomic E-state index is -0.163. The molecule has 0 amide bonds. The van der Waals surface area contributed by atoms with Gasteiger partial charge in [-0.15, -0.1) is 0 Å². The molecule has 0 aromatic rings. The van der Waals surface area contributed by atoms with Crippen LogP contribution in [0.4, 0.5) is 0 Å². The van der Waals surface area contributed by atoms with Gasteiger partial charge in [-0.05, 0) is 32.1 Å². The van der Waals surface area contributed by atoms with Crippen molar-refractivity contribution in [1.82, 2.24) is 5.32 Å². The van der Waals surface area contributed by atoms with Gasteiger partial charge in [-0.3, -0.25) is 0 Å². The van der Waals surface area contributed by atoms with Gasteiger partial charge < -0.3 is 10.4 Å². The molecule has 0 aromatic carbocycles. The molecule has 0 radical (unpaired) electrons. The highest BCUT2D eigenvalue weighted by Gasteiger charge is 2.21. The lowest BCUT2D eigenvalue weighted by molar-refractivity contribution is 0.159. The Kier molecular flexibility index (Phi) is 4.74. The maximum Gasteiger partial charge on any atom is 0.0662 e. The first-order valence-electron chi connectivity index (χ1n) is 5.65. The third kappa shape index (κ3) is 3.65. The zero-order chi connectivity index (χ0) is 9.68. The molecule has 2 atom stereocenters. The van der Waals surface area contributed by atoms with Gasteiger partial charge in [0.05, 0.1) is 6.10 Å². The van der Waals surface area contributed by atoms with E-state index in [1.165, 1.54) is 25.7 Å². The maximum absolute atomic E-state index is 9.39. The first-order valence-corrected chi connectivity index (χ1v) is 5.65. The summed E-state index contributed by atoms with van der Waals surface area (Å²) in [5.41, 5.74) is 0. The van der Waals surface area contributed by atoms with Gasteiger partial charge in [-0.1, -0.05) is 19.8 Å². The van der Waals surface area contributed by atoms with E-state index in [-0.39, 0.29) is 6.10 Å². The van der Waals surface area contributed by atoms with Gasteiger partial charge in [0, 0.05) is 12.6 Å². The highest BCUT2D eigenvalue weighted by atomic mass is 16.3. The molecule has 0 bridgehead atoms. The van der Waals surface area contributed by atoms with Gasteiger partial charge in [0.2, 0.25) is 0 Å². The molecule has 0 aromatic heterocycles. The van der Waals surface area contributed by atoms with Gasteiger partial charge in [0.1, 0.15) is 0 Å². The monoisotopic (exact) mass is 185 g/mol. The lowest BCUT2D eigenvalue weighted by Gasteiger charge is -2.21. The van der Waals surface area contributed by atoms with Crippen LogP contribution in [0.1, 0.15) is 46.0 Å². The molecule has 1 aliphatic carbocycles. The largest absolute Gasteiger partial charge is 0.392 e. The van der Waals surface area contributed by atoms with Crippen molar-refractivity contribution in [2.45, 2.75) is 58.1 Å². The predicted molar refractivity (Wildman–Crippen MR) is 55.7 cm³/mol.